The lowest BCUT2D eigenvalue weighted by atomic mass is 9.91. The van der Waals surface area contributed by atoms with Crippen LogP contribution in [-0.4, -0.2) is 23.1 Å². The molecule has 0 unspecified atom stereocenters. The Morgan fingerprint density at radius 3 is 2.38 bits per heavy atom. The van der Waals surface area contributed by atoms with Gasteiger partial charge in [-0.05, 0) is 45.7 Å². The van der Waals surface area contributed by atoms with E-state index in [1.54, 1.807) is 0 Å². The molecule has 3 rings (SSSR count). The second-order valence-corrected chi connectivity index (χ2v) is 4.56. The minimum Gasteiger partial charge on any atom is -0.359 e. The molecule has 1 aromatic rings. The Kier molecular flexibility index (Phi) is 3.33. The van der Waals surface area contributed by atoms with Gasteiger partial charge in [0.05, 0.1) is 11.2 Å². The standard InChI is InChI=1S/C11H16N2O.C2H6/c1-9-8-10(14-12-9)11-4-2-6-13(11)7-3-5-11;1-2/h8H,2-7H2,1H3;1-2H3. The molecule has 0 bridgehead atoms. The van der Waals surface area contributed by atoms with Crippen molar-refractivity contribution < 1.29 is 4.52 Å². The Morgan fingerprint density at radius 1 is 1.25 bits per heavy atom. The molecule has 0 saturated carbocycles. The maximum atomic E-state index is 5.46. The van der Waals surface area contributed by atoms with Crippen LogP contribution in [0.4, 0.5) is 0 Å². The molecule has 0 N–H and O–H groups in total. The van der Waals surface area contributed by atoms with Crippen molar-refractivity contribution in [1.82, 2.24) is 10.1 Å². The first-order chi connectivity index (χ1) is 7.81. The van der Waals surface area contributed by atoms with Gasteiger partial charge >= 0.3 is 0 Å². The Bertz CT molecular complexity index is 335. The molecule has 1 aromatic heterocycles. The molecule has 0 spiro atoms. The predicted molar refractivity (Wildman–Crippen MR) is 64.3 cm³/mol. The van der Waals surface area contributed by atoms with Gasteiger partial charge in [0, 0.05) is 6.07 Å². The van der Waals surface area contributed by atoms with E-state index in [2.05, 4.69) is 16.1 Å². The number of nitrogens with zero attached hydrogens (tertiary/aromatic N) is 2. The second kappa shape index (κ2) is 4.58. The molecule has 0 atom stereocenters. The van der Waals surface area contributed by atoms with Crippen LogP contribution in [0.2, 0.25) is 0 Å². The Morgan fingerprint density at radius 2 is 1.88 bits per heavy atom. The van der Waals surface area contributed by atoms with E-state index in [-0.39, 0.29) is 5.54 Å². The van der Waals surface area contributed by atoms with Gasteiger partial charge < -0.3 is 4.52 Å². The highest BCUT2D eigenvalue weighted by Crippen LogP contribution is 2.46. The number of hydrogen-bond donors (Lipinski definition) is 0. The Hall–Kier alpha value is -0.830. The highest BCUT2D eigenvalue weighted by Gasteiger charge is 2.48. The molecule has 0 aromatic carbocycles. The number of aromatic nitrogens is 1. The summed E-state index contributed by atoms with van der Waals surface area (Å²) in [4.78, 5) is 2.58. The number of hydrogen-bond acceptors (Lipinski definition) is 3. The van der Waals surface area contributed by atoms with Crippen molar-refractivity contribution in [2.24, 2.45) is 0 Å². The Balaban J connectivity index is 0.000000457. The fourth-order valence-electron chi connectivity index (χ4n) is 3.09. The van der Waals surface area contributed by atoms with Gasteiger partial charge in [-0.15, -0.1) is 0 Å². The third kappa shape index (κ3) is 1.67. The molecule has 0 radical (unpaired) electrons. The quantitative estimate of drug-likeness (QED) is 0.731. The topological polar surface area (TPSA) is 29.3 Å². The van der Waals surface area contributed by atoms with Crippen LogP contribution < -0.4 is 0 Å². The van der Waals surface area contributed by atoms with Gasteiger partial charge in [0.2, 0.25) is 0 Å². The van der Waals surface area contributed by atoms with Crippen LogP contribution in [0.5, 0.6) is 0 Å². The smallest absolute Gasteiger partial charge is 0.157 e. The third-order valence-electron chi connectivity index (χ3n) is 3.73. The average molecular weight is 222 g/mol. The van der Waals surface area contributed by atoms with E-state index in [4.69, 9.17) is 4.52 Å². The van der Waals surface area contributed by atoms with Crippen LogP contribution in [0.1, 0.15) is 51.0 Å². The van der Waals surface area contributed by atoms with Gasteiger partial charge in [0.25, 0.3) is 0 Å². The summed E-state index contributed by atoms with van der Waals surface area (Å²) < 4.78 is 5.46. The van der Waals surface area contributed by atoms with E-state index in [1.165, 1.54) is 38.8 Å². The molecule has 3 nitrogen and oxygen atoms in total. The minimum absolute atomic E-state index is 0.223. The first-order valence-corrected chi connectivity index (χ1v) is 6.50. The first kappa shape index (κ1) is 11.6. The van der Waals surface area contributed by atoms with E-state index in [1.807, 2.05) is 20.8 Å². The molecule has 0 amide bonds. The van der Waals surface area contributed by atoms with E-state index in [9.17, 15) is 0 Å². The lowest BCUT2D eigenvalue weighted by Crippen LogP contribution is -2.34. The number of fused-ring (bicyclic) bond motifs is 1. The summed E-state index contributed by atoms with van der Waals surface area (Å²) in [7, 11) is 0. The average Bonchev–Trinajstić information content (AvgIpc) is 2.93. The van der Waals surface area contributed by atoms with Crippen molar-refractivity contribution in [3.8, 4) is 0 Å². The van der Waals surface area contributed by atoms with Crippen molar-refractivity contribution in [3.05, 3.63) is 17.5 Å². The number of aryl methyl sites for hydroxylation is 1. The van der Waals surface area contributed by atoms with Gasteiger partial charge in [0.1, 0.15) is 0 Å². The van der Waals surface area contributed by atoms with Gasteiger partial charge in [-0.25, -0.2) is 0 Å². The summed E-state index contributed by atoms with van der Waals surface area (Å²) in [6, 6.07) is 2.11. The van der Waals surface area contributed by atoms with Gasteiger partial charge in [0.15, 0.2) is 5.76 Å². The van der Waals surface area contributed by atoms with Gasteiger partial charge in [-0.1, -0.05) is 19.0 Å². The van der Waals surface area contributed by atoms with E-state index in [0.717, 1.165) is 11.5 Å². The van der Waals surface area contributed by atoms with Crippen LogP contribution in [0.15, 0.2) is 10.6 Å². The summed E-state index contributed by atoms with van der Waals surface area (Å²) in [6.07, 6.45) is 5.11. The molecule has 2 aliphatic rings. The number of rotatable bonds is 1. The predicted octanol–water partition coefficient (Wildman–Crippen LogP) is 3.09. The maximum absolute atomic E-state index is 5.46. The van der Waals surface area contributed by atoms with Crippen LogP contribution in [0.3, 0.4) is 0 Å². The summed E-state index contributed by atoms with van der Waals surface area (Å²) in [5.41, 5.74) is 1.23. The summed E-state index contributed by atoms with van der Waals surface area (Å²) >= 11 is 0. The SMILES string of the molecule is CC.Cc1cc(C23CCCN2CCC3)on1. The van der Waals surface area contributed by atoms with E-state index in [0.29, 0.717) is 0 Å². The summed E-state index contributed by atoms with van der Waals surface area (Å²) in [5.74, 6) is 1.10. The van der Waals surface area contributed by atoms with Crippen molar-refractivity contribution in [2.75, 3.05) is 13.1 Å². The van der Waals surface area contributed by atoms with Crippen molar-refractivity contribution >= 4 is 0 Å². The second-order valence-electron chi connectivity index (χ2n) is 4.56. The molecule has 2 saturated heterocycles. The van der Waals surface area contributed by atoms with Crippen molar-refractivity contribution in [3.63, 3.8) is 0 Å². The van der Waals surface area contributed by atoms with Gasteiger partial charge in [-0.2, -0.15) is 0 Å². The first-order valence-electron chi connectivity index (χ1n) is 6.50. The lowest BCUT2D eigenvalue weighted by molar-refractivity contribution is 0.150. The summed E-state index contributed by atoms with van der Waals surface area (Å²) in [5, 5.41) is 4.01. The van der Waals surface area contributed by atoms with Crippen LogP contribution in [0, 0.1) is 6.92 Å². The molecule has 0 aliphatic carbocycles. The van der Waals surface area contributed by atoms with Crippen LogP contribution >= 0.6 is 0 Å². The van der Waals surface area contributed by atoms with E-state index < -0.39 is 0 Å². The molecule has 3 heteroatoms. The molecule has 90 valence electrons. The lowest BCUT2D eigenvalue weighted by Gasteiger charge is -2.28. The zero-order chi connectivity index (χ0) is 11.6. The van der Waals surface area contributed by atoms with Crippen molar-refractivity contribution in [1.29, 1.82) is 0 Å². The highest BCUT2D eigenvalue weighted by atomic mass is 16.5. The van der Waals surface area contributed by atoms with E-state index >= 15 is 0 Å². The molecule has 2 aliphatic heterocycles. The monoisotopic (exact) mass is 222 g/mol. The Labute approximate surface area is 97.8 Å². The molecule has 2 fully saturated rings. The third-order valence-corrected chi connectivity index (χ3v) is 3.73. The van der Waals surface area contributed by atoms with Crippen LogP contribution in [0.25, 0.3) is 0 Å². The van der Waals surface area contributed by atoms with Crippen LogP contribution in [-0.2, 0) is 5.54 Å². The zero-order valence-corrected chi connectivity index (χ0v) is 10.6. The van der Waals surface area contributed by atoms with Crippen molar-refractivity contribution in [2.45, 2.75) is 52.0 Å². The fourth-order valence-corrected chi connectivity index (χ4v) is 3.09. The fraction of sp³-hybridized carbons (Fsp3) is 0.769. The molecule has 16 heavy (non-hydrogen) atoms. The molecule has 3 heterocycles. The largest absolute Gasteiger partial charge is 0.359 e. The minimum atomic E-state index is 0.223. The molecular weight excluding hydrogens is 200 g/mol. The molecular formula is C13H22N2O. The highest BCUT2D eigenvalue weighted by molar-refractivity contribution is 5.18. The zero-order valence-electron chi connectivity index (χ0n) is 10.6. The maximum Gasteiger partial charge on any atom is 0.157 e. The summed E-state index contributed by atoms with van der Waals surface area (Å²) in [6.45, 7) is 8.47. The van der Waals surface area contributed by atoms with Gasteiger partial charge in [-0.3, -0.25) is 4.90 Å². The normalized spacial score (nSPS) is 22.7.